The van der Waals surface area contributed by atoms with Gasteiger partial charge >= 0.3 is 0 Å². The maximum atomic E-state index is 11.3. The summed E-state index contributed by atoms with van der Waals surface area (Å²) in [5.74, 6) is 0.749. The van der Waals surface area contributed by atoms with Crippen LogP contribution in [0.25, 0.3) is 21.9 Å². The van der Waals surface area contributed by atoms with Gasteiger partial charge in [0.25, 0.3) is 0 Å². The molecule has 1 fully saturated rings. The fourth-order valence-electron chi connectivity index (χ4n) is 2.84. The summed E-state index contributed by atoms with van der Waals surface area (Å²) in [4.78, 5) is 22.8. The van der Waals surface area contributed by atoms with Crippen LogP contribution in [0.3, 0.4) is 0 Å². The van der Waals surface area contributed by atoms with Crippen molar-refractivity contribution >= 4 is 27.8 Å². The predicted octanol–water partition coefficient (Wildman–Crippen LogP) is 1.64. The lowest BCUT2D eigenvalue weighted by atomic mass is 10.1. The summed E-state index contributed by atoms with van der Waals surface area (Å²) in [6.07, 6.45) is 4.38. The zero-order valence-electron chi connectivity index (χ0n) is 12.2. The highest BCUT2D eigenvalue weighted by molar-refractivity contribution is 6.09. The molecule has 0 aromatic carbocycles. The molecule has 0 radical (unpaired) electrons. The molecule has 2 N–H and O–H groups in total. The van der Waals surface area contributed by atoms with Gasteiger partial charge in [-0.2, -0.15) is 5.26 Å². The largest absolute Gasteiger partial charge is 0.488 e. The number of aromatic nitrogens is 3. The van der Waals surface area contributed by atoms with E-state index in [1.165, 1.54) is 0 Å². The molecule has 1 amide bonds. The molecule has 0 bridgehead atoms. The third-order valence-electron chi connectivity index (χ3n) is 3.97. The SMILES string of the molecule is N#Cc1cc2c(cn1)[nH]c1nccc(O[C@@H]3CCC(=O)NC3)c12. The fourth-order valence-corrected chi connectivity index (χ4v) is 2.84. The summed E-state index contributed by atoms with van der Waals surface area (Å²) < 4.78 is 6.08. The van der Waals surface area contributed by atoms with E-state index >= 15 is 0 Å². The van der Waals surface area contributed by atoms with E-state index in [0.717, 1.165) is 16.3 Å². The first-order chi connectivity index (χ1) is 11.2. The van der Waals surface area contributed by atoms with Crippen molar-refractivity contribution in [2.24, 2.45) is 0 Å². The van der Waals surface area contributed by atoms with Crippen molar-refractivity contribution < 1.29 is 9.53 Å². The number of amides is 1. The molecule has 7 nitrogen and oxygen atoms in total. The minimum absolute atomic E-state index is 0.0570. The number of H-pyrrole nitrogens is 1. The molecule has 0 saturated carbocycles. The highest BCUT2D eigenvalue weighted by atomic mass is 16.5. The molecule has 1 aliphatic rings. The van der Waals surface area contributed by atoms with Gasteiger partial charge in [-0.25, -0.2) is 9.97 Å². The van der Waals surface area contributed by atoms with E-state index in [4.69, 9.17) is 10.00 Å². The number of ether oxygens (including phenoxy) is 1. The normalized spacial score (nSPS) is 17.9. The molecule has 0 spiro atoms. The number of carbonyl (C=O) groups excluding carboxylic acids is 1. The van der Waals surface area contributed by atoms with E-state index in [0.29, 0.717) is 36.5 Å². The Bertz CT molecular complexity index is 946. The highest BCUT2D eigenvalue weighted by Gasteiger charge is 2.21. The monoisotopic (exact) mass is 307 g/mol. The molecule has 1 aliphatic heterocycles. The van der Waals surface area contributed by atoms with Crippen LogP contribution in [-0.2, 0) is 4.79 Å². The van der Waals surface area contributed by atoms with E-state index in [2.05, 4.69) is 20.3 Å². The average Bonchev–Trinajstić information content (AvgIpc) is 2.95. The Balaban J connectivity index is 1.79. The quantitative estimate of drug-likeness (QED) is 0.749. The van der Waals surface area contributed by atoms with Gasteiger partial charge in [0, 0.05) is 18.0 Å². The van der Waals surface area contributed by atoms with Gasteiger partial charge in [-0.05, 0) is 18.6 Å². The number of nitrogens with one attached hydrogen (secondary N) is 2. The number of rotatable bonds is 2. The number of aromatic amines is 1. The lowest BCUT2D eigenvalue weighted by Gasteiger charge is -2.23. The van der Waals surface area contributed by atoms with Crippen LogP contribution in [0.4, 0.5) is 0 Å². The lowest BCUT2D eigenvalue weighted by molar-refractivity contribution is -0.123. The van der Waals surface area contributed by atoms with E-state index in [9.17, 15) is 4.79 Å². The molecule has 3 aromatic rings. The molecule has 7 heteroatoms. The first-order valence-corrected chi connectivity index (χ1v) is 7.34. The molecule has 4 rings (SSSR count). The van der Waals surface area contributed by atoms with Crippen molar-refractivity contribution in [3.8, 4) is 11.8 Å². The van der Waals surface area contributed by atoms with Crippen molar-refractivity contribution in [3.05, 3.63) is 30.2 Å². The number of carbonyl (C=O) groups is 1. The second-order valence-corrected chi connectivity index (χ2v) is 5.47. The van der Waals surface area contributed by atoms with Gasteiger partial charge < -0.3 is 15.0 Å². The van der Waals surface area contributed by atoms with Crippen LogP contribution in [-0.4, -0.2) is 33.5 Å². The first kappa shape index (κ1) is 13.5. The van der Waals surface area contributed by atoms with Gasteiger partial charge in [0.1, 0.15) is 29.3 Å². The molecule has 23 heavy (non-hydrogen) atoms. The Kier molecular flexibility index (Phi) is 3.08. The van der Waals surface area contributed by atoms with Crippen LogP contribution in [0.15, 0.2) is 24.5 Å². The van der Waals surface area contributed by atoms with Crippen molar-refractivity contribution in [1.29, 1.82) is 5.26 Å². The van der Waals surface area contributed by atoms with Gasteiger partial charge in [0.05, 0.1) is 23.6 Å². The molecule has 114 valence electrons. The number of nitrogens with zero attached hydrogens (tertiary/aromatic N) is 3. The number of hydrogen-bond acceptors (Lipinski definition) is 5. The summed E-state index contributed by atoms with van der Waals surface area (Å²) >= 11 is 0. The van der Waals surface area contributed by atoms with Crippen LogP contribution >= 0.6 is 0 Å². The smallest absolute Gasteiger partial charge is 0.220 e. The van der Waals surface area contributed by atoms with Gasteiger partial charge in [-0.3, -0.25) is 4.79 Å². The van der Waals surface area contributed by atoms with E-state index in [-0.39, 0.29) is 12.0 Å². The van der Waals surface area contributed by atoms with E-state index < -0.39 is 0 Å². The molecule has 0 unspecified atom stereocenters. The van der Waals surface area contributed by atoms with Crippen molar-refractivity contribution in [2.75, 3.05) is 6.54 Å². The molecular weight excluding hydrogens is 294 g/mol. The number of piperidine rings is 1. The highest BCUT2D eigenvalue weighted by Crippen LogP contribution is 2.32. The third-order valence-corrected chi connectivity index (χ3v) is 3.97. The maximum Gasteiger partial charge on any atom is 0.220 e. The van der Waals surface area contributed by atoms with Crippen LogP contribution in [0.5, 0.6) is 5.75 Å². The second kappa shape index (κ2) is 5.25. The predicted molar refractivity (Wildman–Crippen MR) is 82.8 cm³/mol. The molecular formula is C16H13N5O2. The zero-order valence-corrected chi connectivity index (χ0v) is 12.2. The van der Waals surface area contributed by atoms with Crippen LogP contribution in [0, 0.1) is 11.3 Å². The molecule has 1 atom stereocenters. The van der Waals surface area contributed by atoms with Crippen molar-refractivity contribution in [3.63, 3.8) is 0 Å². The first-order valence-electron chi connectivity index (χ1n) is 7.34. The van der Waals surface area contributed by atoms with Crippen molar-refractivity contribution in [2.45, 2.75) is 18.9 Å². The number of hydrogen-bond donors (Lipinski definition) is 2. The van der Waals surface area contributed by atoms with Crippen molar-refractivity contribution in [1.82, 2.24) is 20.3 Å². The Morgan fingerprint density at radius 3 is 3.09 bits per heavy atom. The van der Waals surface area contributed by atoms with Gasteiger partial charge in [0.15, 0.2) is 0 Å². The summed E-state index contributed by atoms with van der Waals surface area (Å²) in [7, 11) is 0. The average molecular weight is 307 g/mol. The molecule has 3 aromatic heterocycles. The topological polar surface area (TPSA) is 104 Å². The number of pyridine rings is 2. The maximum absolute atomic E-state index is 11.3. The number of fused-ring (bicyclic) bond motifs is 3. The Morgan fingerprint density at radius 2 is 2.30 bits per heavy atom. The third kappa shape index (κ3) is 2.34. The number of nitriles is 1. The molecule has 4 heterocycles. The van der Waals surface area contributed by atoms with E-state index in [1.807, 2.05) is 6.07 Å². The van der Waals surface area contributed by atoms with Gasteiger partial charge in [0.2, 0.25) is 5.91 Å². The van der Waals surface area contributed by atoms with Crippen LogP contribution in [0.2, 0.25) is 0 Å². The minimum atomic E-state index is -0.0690. The van der Waals surface area contributed by atoms with Gasteiger partial charge in [-0.1, -0.05) is 0 Å². The summed E-state index contributed by atoms with van der Waals surface area (Å²) in [6.45, 7) is 0.496. The molecule has 1 saturated heterocycles. The summed E-state index contributed by atoms with van der Waals surface area (Å²) in [5.41, 5.74) is 1.84. The zero-order chi connectivity index (χ0) is 15.8. The Morgan fingerprint density at radius 1 is 1.39 bits per heavy atom. The standard InChI is InChI=1S/C16H13N5O2/c17-6-9-5-11-12(8-19-9)21-16-15(11)13(3-4-18-16)23-10-1-2-14(22)20-7-10/h3-5,8,10H,1-2,7H2,(H,18,21)(H,20,22)/t10-/m1/s1. The van der Waals surface area contributed by atoms with Crippen LogP contribution < -0.4 is 10.1 Å². The minimum Gasteiger partial charge on any atom is -0.488 e. The molecule has 0 aliphatic carbocycles. The van der Waals surface area contributed by atoms with E-state index in [1.54, 1.807) is 24.5 Å². The Labute approximate surface area is 131 Å². The second-order valence-electron chi connectivity index (χ2n) is 5.47. The Hall–Kier alpha value is -3.14. The van der Waals surface area contributed by atoms with Gasteiger partial charge in [-0.15, -0.1) is 0 Å². The lowest BCUT2D eigenvalue weighted by Crippen LogP contribution is -2.40. The summed E-state index contributed by atoms with van der Waals surface area (Å²) in [6, 6.07) is 5.58. The summed E-state index contributed by atoms with van der Waals surface area (Å²) in [5, 5.41) is 13.5. The van der Waals surface area contributed by atoms with Crippen LogP contribution in [0.1, 0.15) is 18.5 Å². The fraction of sp³-hybridized carbons (Fsp3) is 0.250.